The molecule has 4 amide bonds. The molecule has 0 aromatic heterocycles. The largest absolute Gasteiger partial charge is 0.482 e. The molecule has 0 aliphatic carbocycles. The number of aliphatic carboxylic acids is 2. The van der Waals surface area contributed by atoms with E-state index in [2.05, 4.69) is 4.90 Å². The van der Waals surface area contributed by atoms with Crippen LogP contribution in [-0.2, 0) is 25.7 Å². The van der Waals surface area contributed by atoms with Gasteiger partial charge in [0.15, 0.2) is 6.61 Å². The van der Waals surface area contributed by atoms with Gasteiger partial charge < -0.3 is 19.8 Å². The molecule has 2 fully saturated rings. The first-order chi connectivity index (χ1) is 22.1. The maximum atomic E-state index is 13.2. The van der Waals surface area contributed by atoms with E-state index in [0.29, 0.717) is 57.0 Å². The van der Waals surface area contributed by atoms with Crippen molar-refractivity contribution < 1.29 is 52.1 Å². The molecule has 0 spiro atoms. The van der Waals surface area contributed by atoms with Crippen molar-refractivity contribution in [1.82, 2.24) is 14.7 Å². The van der Waals surface area contributed by atoms with Gasteiger partial charge in [-0.05, 0) is 44.5 Å². The van der Waals surface area contributed by atoms with Gasteiger partial charge in [0.1, 0.15) is 11.2 Å². The van der Waals surface area contributed by atoms with Gasteiger partial charge in [0.25, 0.3) is 0 Å². The second-order valence-corrected chi connectivity index (χ2v) is 11.3. The number of para-hydroxylation sites is 2. The Kier molecular flexibility index (Phi) is 12.5. The van der Waals surface area contributed by atoms with Crippen LogP contribution in [-0.4, -0.2) is 107 Å². The van der Waals surface area contributed by atoms with Crippen molar-refractivity contribution in [3.8, 4) is 5.75 Å². The highest BCUT2D eigenvalue weighted by Gasteiger charge is 2.51. The summed E-state index contributed by atoms with van der Waals surface area (Å²) in [6.07, 6.45) is -2.76. The van der Waals surface area contributed by atoms with Gasteiger partial charge in [-0.15, -0.1) is 0 Å². The Labute approximate surface area is 269 Å². The van der Waals surface area contributed by atoms with Gasteiger partial charge in [0.05, 0.1) is 12.2 Å². The number of carbonyl (C=O) groups excluding carboxylic acids is 3. The lowest BCUT2D eigenvalue weighted by molar-refractivity contribution is -0.157. The lowest BCUT2D eigenvalue weighted by atomic mass is 9.87. The average molecular weight is 663 g/mol. The number of barbiturate groups is 1. The number of rotatable bonds is 11. The molecule has 2 aliphatic rings. The maximum Gasteiger partial charge on any atom is 0.422 e. The van der Waals surface area contributed by atoms with Crippen LogP contribution in [0.25, 0.3) is 0 Å². The highest BCUT2D eigenvalue weighted by molar-refractivity contribution is 6.18. The summed E-state index contributed by atoms with van der Waals surface area (Å²) in [6.45, 7) is 5.19. The number of anilines is 1. The van der Waals surface area contributed by atoms with E-state index < -0.39 is 48.0 Å². The summed E-state index contributed by atoms with van der Waals surface area (Å²) in [5, 5.41) is 15.6. The van der Waals surface area contributed by atoms with E-state index in [-0.39, 0.29) is 18.8 Å². The minimum Gasteiger partial charge on any atom is -0.482 e. The van der Waals surface area contributed by atoms with E-state index in [1.807, 2.05) is 35.2 Å². The van der Waals surface area contributed by atoms with Crippen LogP contribution in [0.2, 0.25) is 0 Å². The Hall–Kier alpha value is -4.92. The highest BCUT2D eigenvalue weighted by atomic mass is 19.4. The number of benzene rings is 2. The Morgan fingerprint density at radius 2 is 1.38 bits per heavy atom. The lowest BCUT2D eigenvalue weighted by Crippen LogP contribution is -2.63. The molecular formula is C32H37F3N4O8. The van der Waals surface area contributed by atoms with E-state index in [0.717, 1.165) is 10.5 Å². The summed E-state index contributed by atoms with van der Waals surface area (Å²) >= 11 is 0. The topological polar surface area (TPSA) is 148 Å². The maximum absolute atomic E-state index is 13.2. The number of piperazine rings is 1. The van der Waals surface area contributed by atoms with Crippen molar-refractivity contribution in [3.63, 3.8) is 0 Å². The standard InChI is InChI=1S/C28H33F3N4O4.C4H4O4/c1-27(2)24(36)34(26(38)35(25(27)37)19-21-9-4-3-5-10-21)14-8-13-32-15-17-33(18-16-32)22-11-6-7-12-23(22)39-20-28(29,30)31;5-3(6)1-2-4(7)8/h3-7,9-12H,8,13-20H2,1-2H3;1-2H,(H,5,6)(H,7,8). The molecule has 15 heteroatoms. The third kappa shape index (κ3) is 10.6. The third-order valence-corrected chi connectivity index (χ3v) is 7.40. The minimum absolute atomic E-state index is 0.0990. The second-order valence-electron chi connectivity index (χ2n) is 11.3. The average Bonchev–Trinajstić information content (AvgIpc) is 3.03. The van der Waals surface area contributed by atoms with Crippen molar-refractivity contribution >= 4 is 35.5 Å². The van der Waals surface area contributed by atoms with Crippen LogP contribution < -0.4 is 9.64 Å². The van der Waals surface area contributed by atoms with Crippen LogP contribution in [0.4, 0.5) is 23.7 Å². The van der Waals surface area contributed by atoms with E-state index in [1.54, 1.807) is 32.0 Å². The number of nitrogens with zero attached hydrogens (tertiary/aromatic N) is 4. The van der Waals surface area contributed by atoms with Gasteiger partial charge in [-0.25, -0.2) is 14.4 Å². The van der Waals surface area contributed by atoms with Crippen LogP contribution in [0, 0.1) is 5.41 Å². The number of carboxylic acids is 2. The number of hydrogen-bond acceptors (Lipinski definition) is 8. The molecule has 2 heterocycles. The van der Waals surface area contributed by atoms with Crippen molar-refractivity contribution in [2.45, 2.75) is 33.0 Å². The molecule has 2 N–H and O–H groups in total. The zero-order chi connectivity index (χ0) is 34.8. The van der Waals surface area contributed by atoms with Gasteiger partial charge in [-0.2, -0.15) is 13.2 Å². The molecule has 2 aromatic carbocycles. The molecule has 4 rings (SSSR count). The Balaban J connectivity index is 0.000000665. The number of urea groups is 1. The van der Waals surface area contributed by atoms with Crippen LogP contribution in [0.5, 0.6) is 5.75 Å². The molecular weight excluding hydrogens is 625 g/mol. The van der Waals surface area contributed by atoms with Crippen LogP contribution in [0.1, 0.15) is 25.8 Å². The predicted octanol–water partition coefficient (Wildman–Crippen LogP) is 3.87. The summed E-state index contributed by atoms with van der Waals surface area (Å²) in [5.41, 5.74) is 0.0828. The molecule has 47 heavy (non-hydrogen) atoms. The first-order valence-electron chi connectivity index (χ1n) is 14.7. The SMILES string of the molecule is CC1(C)C(=O)N(CCCN2CCN(c3ccccc3OCC(F)(F)F)CC2)C(=O)N(Cc2ccccc2)C1=O.O=C(O)C=CC(=O)O. The Bertz CT molecular complexity index is 1440. The molecule has 12 nitrogen and oxygen atoms in total. The third-order valence-electron chi connectivity index (χ3n) is 7.40. The van der Waals surface area contributed by atoms with Crippen molar-refractivity contribution in [3.05, 3.63) is 72.3 Å². The number of alkyl halides is 3. The fourth-order valence-electron chi connectivity index (χ4n) is 5.00. The summed E-state index contributed by atoms with van der Waals surface area (Å²) in [4.78, 5) is 64.8. The second kappa shape index (κ2) is 16.1. The summed E-state index contributed by atoms with van der Waals surface area (Å²) in [5.74, 6) is -3.32. The van der Waals surface area contributed by atoms with Gasteiger partial charge >= 0.3 is 24.1 Å². The van der Waals surface area contributed by atoms with E-state index >= 15 is 0 Å². The van der Waals surface area contributed by atoms with Crippen molar-refractivity contribution in [2.75, 3.05) is 50.8 Å². The lowest BCUT2D eigenvalue weighted by Gasteiger charge is -2.41. The van der Waals surface area contributed by atoms with E-state index in [9.17, 15) is 37.1 Å². The fourth-order valence-corrected chi connectivity index (χ4v) is 5.00. The Morgan fingerprint density at radius 3 is 1.96 bits per heavy atom. The summed E-state index contributed by atoms with van der Waals surface area (Å²) < 4.78 is 42.9. The van der Waals surface area contributed by atoms with Crippen LogP contribution in [0.15, 0.2) is 66.7 Å². The fraction of sp³-hybridized carbons (Fsp3) is 0.406. The van der Waals surface area contributed by atoms with Gasteiger partial charge in [-0.1, -0.05) is 42.5 Å². The molecule has 0 bridgehead atoms. The molecule has 0 unspecified atom stereocenters. The van der Waals surface area contributed by atoms with Gasteiger partial charge in [0.2, 0.25) is 11.8 Å². The zero-order valence-electron chi connectivity index (χ0n) is 26.0. The first kappa shape index (κ1) is 36.5. The van der Waals surface area contributed by atoms with E-state index in [1.165, 1.54) is 11.0 Å². The first-order valence-corrected chi connectivity index (χ1v) is 14.7. The van der Waals surface area contributed by atoms with Crippen molar-refractivity contribution in [2.24, 2.45) is 5.41 Å². The molecule has 0 saturated carbocycles. The van der Waals surface area contributed by atoms with Gasteiger partial charge in [0, 0.05) is 44.9 Å². The van der Waals surface area contributed by atoms with Crippen LogP contribution in [0.3, 0.4) is 0 Å². The molecule has 2 aliphatic heterocycles. The number of carbonyl (C=O) groups is 5. The van der Waals surface area contributed by atoms with Crippen LogP contribution >= 0.6 is 0 Å². The Morgan fingerprint density at radius 1 is 0.830 bits per heavy atom. The van der Waals surface area contributed by atoms with Crippen molar-refractivity contribution in [1.29, 1.82) is 0 Å². The number of amides is 4. The molecule has 2 aromatic rings. The summed E-state index contributed by atoms with van der Waals surface area (Å²) in [6, 6.07) is 15.3. The number of halogens is 3. The quantitative estimate of drug-likeness (QED) is 0.269. The molecule has 0 atom stereocenters. The monoisotopic (exact) mass is 662 g/mol. The number of carboxylic acid groups (broad SMARTS) is 2. The molecule has 254 valence electrons. The number of imide groups is 2. The smallest absolute Gasteiger partial charge is 0.422 e. The minimum atomic E-state index is -4.41. The highest BCUT2D eigenvalue weighted by Crippen LogP contribution is 2.32. The molecule has 0 radical (unpaired) electrons. The zero-order valence-corrected chi connectivity index (χ0v) is 26.0. The predicted molar refractivity (Wildman–Crippen MR) is 164 cm³/mol. The number of hydrogen-bond donors (Lipinski definition) is 2. The van der Waals surface area contributed by atoms with E-state index in [4.69, 9.17) is 14.9 Å². The molecule has 2 saturated heterocycles. The summed E-state index contributed by atoms with van der Waals surface area (Å²) in [7, 11) is 0. The normalized spacial score (nSPS) is 17.0. The number of ether oxygens (including phenoxy) is 1. The van der Waals surface area contributed by atoms with Gasteiger partial charge in [-0.3, -0.25) is 24.3 Å².